The van der Waals surface area contributed by atoms with Gasteiger partial charge < -0.3 is 14.4 Å². The van der Waals surface area contributed by atoms with Crippen molar-refractivity contribution in [3.63, 3.8) is 0 Å². The number of hydrogen-bond donors (Lipinski definition) is 0. The average Bonchev–Trinajstić information content (AvgIpc) is 2.43. The maximum Gasteiger partial charge on any atom is 0.234 e. The van der Waals surface area contributed by atoms with Gasteiger partial charge in [-0.2, -0.15) is 4.98 Å². The van der Waals surface area contributed by atoms with Crippen LogP contribution in [0.4, 0.5) is 5.82 Å². The van der Waals surface area contributed by atoms with E-state index in [0.717, 1.165) is 30.7 Å². The van der Waals surface area contributed by atoms with Crippen LogP contribution in [0.2, 0.25) is 0 Å². The lowest BCUT2D eigenvalue weighted by Gasteiger charge is -2.42. The first-order valence-electron chi connectivity index (χ1n) is 6.97. The van der Waals surface area contributed by atoms with Gasteiger partial charge in [-0.1, -0.05) is 22.9 Å². The Kier molecular flexibility index (Phi) is 5.21. The van der Waals surface area contributed by atoms with Gasteiger partial charge in [0, 0.05) is 18.4 Å². The number of nitrogens with zero attached hydrogens (tertiary/aromatic N) is 3. The molecule has 0 aliphatic carbocycles. The highest BCUT2D eigenvalue weighted by Crippen LogP contribution is 2.26. The monoisotopic (exact) mass is 343 g/mol. The molecule has 20 heavy (non-hydrogen) atoms. The molecule has 0 bridgehead atoms. The van der Waals surface area contributed by atoms with Crippen molar-refractivity contribution < 1.29 is 9.47 Å². The van der Waals surface area contributed by atoms with E-state index in [9.17, 15) is 0 Å². The van der Waals surface area contributed by atoms with Crippen molar-refractivity contribution in [1.29, 1.82) is 0 Å². The zero-order valence-corrected chi connectivity index (χ0v) is 13.9. The summed E-state index contributed by atoms with van der Waals surface area (Å²) in [4.78, 5) is 11.0. The van der Waals surface area contributed by atoms with Gasteiger partial charge in [-0.3, -0.25) is 4.98 Å². The summed E-state index contributed by atoms with van der Waals surface area (Å²) >= 11 is 3.50. The lowest BCUT2D eigenvalue weighted by atomic mass is 10.1. The third-order valence-corrected chi connectivity index (χ3v) is 3.75. The molecule has 0 saturated carbocycles. The maximum absolute atomic E-state index is 6.00. The first-order valence-corrected chi connectivity index (χ1v) is 8.10. The second-order valence-electron chi connectivity index (χ2n) is 5.60. The van der Waals surface area contributed by atoms with E-state index >= 15 is 0 Å². The minimum atomic E-state index is -0.196. The van der Waals surface area contributed by atoms with Gasteiger partial charge in [-0.05, 0) is 20.3 Å². The molecule has 1 atom stereocenters. The highest BCUT2D eigenvalue weighted by Gasteiger charge is 2.33. The second kappa shape index (κ2) is 6.72. The van der Waals surface area contributed by atoms with Crippen LogP contribution in [0.15, 0.2) is 12.4 Å². The molecule has 5 nitrogen and oxygen atoms in total. The van der Waals surface area contributed by atoms with Gasteiger partial charge in [-0.15, -0.1) is 0 Å². The van der Waals surface area contributed by atoms with Crippen LogP contribution in [0, 0.1) is 0 Å². The van der Waals surface area contributed by atoms with Crippen molar-refractivity contribution in [2.24, 2.45) is 0 Å². The molecule has 0 radical (unpaired) electrons. The zero-order chi connectivity index (χ0) is 14.6. The third kappa shape index (κ3) is 4.06. The summed E-state index contributed by atoms with van der Waals surface area (Å²) in [6.45, 7) is 8.53. The molecule has 1 unspecified atom stereocenters. The van der Waals surface area contributed by atoms with Crippen LogP contribution in [0.1, 0.15) is 27.2 Å². The molecule has 1 saturated heterocycles. The molecule has 1 aliphatic rings. The minimum Gasteiger partial charge on any atom is -0.477 e. The number of alkyl halides is 1. The fourth-order valence-corrected chi connectivity index (χ4v) is 2.65. The topological polar surface area (TPSA) is 47.5 Å². The highest BCUT2D eigenvalue weighted by atomic mass is 79.9. The van der Waals surface area contributed by atoms with Gasteiger partial charge in [0.1, 0.15) is 0 Å². The number of morpholine rings is 1. The van der Waals surface area contributed by atoms with E-state index in [-0.39, 0.29) is 11.7 Å². The predicted octanol–water partition coefficient (Wildman–Crippen LogP) is 2.64. The number of halogens is 1. The summed E-state index contributed by atoms with van der Waals surface area (Å²) < 4.78 is 11.6. The fraction of sp³-hybridized carbons (Fsp3) is 0.714. The maximum atomic E-state index is 6.00. The summed E-state index contributed by atoms with van der Waals surface area (Å²) in [5.41, 5.74) is -0.196. The lowest BCUT2D eigenvalue weighted by molar-refractivity contribution is -0.0726. The van der Waals surface area contributed by atoms with Gasteiger partial charge in [0.15, 0.2) is 5.82 Å². The van der Waals surface area contributed by atoms with Crippen LogP contribution in [-0.4, -0.2) is 46.7 Å². The van der Waals surface area contributed by atoms with E-state index in [0.29, 0.717) is 12.5 Å². The van der Waals surface area contributed by atoms with Crippen molar-refractivity contribution >= 4 is 21.7 Å². The average molecular weight is 344 g/mol. The van der Waals surface area contributed by atoms with E-state index in [1.165, 1.54) is 0 Å². The summed E-state index contributed by atoms with van der Waals surface area (Å²) in [5.74, 6) is 1.44. The molecule has 1 fully saturated rings. The van der Waals surface area contributed by atoms with Crippen molar-refractivity contribution in [3.8, 4) is 5.88 Å². The minimum absolute atomic E-state index is 0.153. The van der Waals surface area contributed by atoms with E-state index in [1.807, 2.05) is 0 Å². The Bertz CT molecular complexity index is 442. The molecule has 2 rings (SSSR count). The van der Waals surface area contributed by atoms with Crippen molar-refractivity contribution in [2.45, 2.75) is 38.9 Å². The van der Waals surface area contributed by atoms with Crippen LogP contribution >= 0.6 is 15.9 Å². The molecule has 0 spiro atoms. The van der Waals surface area contributed by atoms with E-state index in [4.69, 9.17) is 9.47 Å². The van der Waals surface area contributed by atoms with E-state index in [2.05, 4.69) is 51.6 Å². The zero-order valence-electron chi connectivity index (χ0n) is 12.3. The summed E-state index contributed by atoms with van der Waals surface area (Å²) in [6, 6.07) is 0. The van der Waals surface area contributed by atoms with Crippen LogP contribution in [0.25, 0.3) is 0 Å². The third-order valence-electron chi connectivity index (χ3n) is 3.03. The summed E-state index contributed by atoms with van der Waals surface area (Å²) in [5, 5.41) is 0.812. The Morgan fingerprint density at radius 1 is 1.50 bits per heavy atom. The molecule has 1 aliphatic heterocycles. The molecule has 1 aromatic heterocycles. The molecular weight excluding hydrogens is 322 g/mol. The van der Waals surface area contributed by atoms with Crippen molar-refractivity contribution in [2.75, 3.05) is 29.9 Å². The fourth-order valence-electron chi connectivity index (χ4n) is 2.32. The molecular formula is C14H22BrN3O2. The Morgan fingerprint density at radius 3 is 3.00 bits per heavy atom. The second-order valence-corrected chi connectivity index (χ2v) is 6.25. The molecule has 0 aromatic carbocycles. The molecule has 0 amide bonds. The van der Waals surface area contributed by atoms with Gasteiger partial charge in [0.05, 0.1) is 30.7 Å². The number of ether oxygens (including phenoxy) is 2. The first-order chi connectivity index (χ1) is 9.54. The largest absolute Gasteiger partial charge is 0.477 e. The number of hydrogen-bond acceptors (Lipinski definition) is 5. The highest BCUT2D eigenvalue weighted by molar-refractivity contribution is 9.09. The first kappa shape index (κ1) is 15.5. The Hall–Kier alpha value is -0.880. The van der Waals surface area contributed by atoms with Gasteiger partial charge >= 0.3 is 0 Å². The van der Waals surface area contributed by atoms with Crippen LogP contribution in [0.5, 0.6) is 5.88 Å². The normalized spacial score (nSPS) is 21.8. The standard InChI is InChI=1S/C14H22BrN3O2/c1-4-5-19-13-8-16-7-12(17-13)18-9-11(6-15)20-14(2,3)10-18/h7-8,11H,4-6,9-10H2,1-3H3. The number of aromatic nitrogens is 2. The van der Waals surface area contributed by atoms with Gasteiger partial charge in [0.25, 0.3) is 0 Å². The van der Waals surface area contributed by atoms with Crippen LogP contribution in [-0.2, 0) is 4.74 Å². The lowest BCUT2D eigenvalue weighted by Crippen LogP contribution is -2.53. The molecule has 0 N–H and O–H groups in total. The smallest absolute Gasteiger partial charge is 0.234 e. The predicted molar refractivity (Wildman–Crippen MR) is 82.8 cm³/mol. The van der Waals surface area contributed by atoms with Crippen LogP contribution < -0.4 is 9.64 Å². The van der Waals surface area contributed by atoms with Crippen LogP contribution in [0.3, 0.4) is 0 Å². The number of rotatable bonds is 5. The number of anilines is 1. The Labute approximate surface area is 128 Å². The van der Waals surface area contributed by atoms with Crippen molar-refractivity contribution in [3.05, 3.63) is 12.4 Å². The molecule has 6 heteroatoms. The van der Waals surface area contributed by atoms with Gasteiger partial charge in [0.2, 0.25) is 5.88 Å². The molecule has 112 valence electrons. The SMILES string of the molecule is CCCOc1cncc(N2CC(CBr)OC(C)(C)C2)n1. The Balaban J connectivity index is 2.13. The van der Waals surface area contributed by atoms with Crippen molar-refractivity contribution in [1.82, 2.24) is 9.97 Å². The summed E-state index contributed by atoms with van der Waals surface area (Å²) in [7, 11) is 0. The molecule has 2 heterocycles. The Morgan fingerprint density at radius 2 is 2.30 bits per heavy atom. The molecule has 1 aromatic rings. The van der Waals surface area contributed by atoms with E-state index < -0.39 is 0 Å². The van der Waals surface area contributed by atoms with E-state index in [1.54, 1.807) is 12.4 Å². The quantitative estimate of drug-likeness (QED) is 0.769. The summed E-state index contributed by atoms with van der Waals surface area (Å²) in [6.07, 6.45) is 4.56. The van der Waals surface area contributed by atoms with Gasteiger partial charge in [-0.25, -0.2) is 0 Å².